The fraction of sp³-hybridized carbons (Fsp3) is 0.222. The molecule has 0 aliphatic heterocycles. The van der Waals surface area contributed by atoms with Crippen LogP contribution in [0.25, 0.3) is 0 Å². The lowest BCUT2D eigenvalue weighted by Gasteiger charge is -2.08. The van der Waals surface area contributed by atoms with Crippen molar-refractivity contribution in [2.24, 2.45) is 0 Å². The molecule has 1 unspecified atom stereocenters. The monoisotopic (exact) mass is 198 g/mol. The first-order valence-electron chi connectivity index (χ1n) is 3.77. The molecule has 0 bridgehead atoms. The van der Waals surface area contributed by atoms with Crippen LogP contribution in [0.1, 0.15) is 17.3 Å². The van der Waals surface area contributed by atoms with Crippen molar-refractivity contribution in [3.8, 4) is 5.75 Å². The van der Waals surface area contributed by atoms with Gasteiger partial charge < -0.3 is 9.84 Å². The van der Waals surface area contributed by atoms with E-state index in [-0.39, 0.29) is 11.0 Å². The molecule has 13 heavy (non-hydrogen) atoms. The molecule has 1 aromatic rings. The lowest BCUT2D eigenvalue weighted by Crippen LogP contribution is -2.03. The Bertz CT molecular complexity index is 292. The number of hydrogen-bond donors (Lipinski definition) is 2. The smallest absolute Gasteiger partial charge is 0.335 e. The van der Waals surface area contributed by atoms with Crippen LogP contribution >= 0.6 is 12.6 Å². The summed E-state index contributed by atoms with van der Waals surface area (Å²) in [5, 5.41) is 8.60. The number of carboxylic acids is 1. The number of benzene rings is 1. The van der Waals surface area contributed by atoms with Crippen LogP contribution in [-0.2, 0) is 0 Å². The van der Waals surface area contributed by atoms with Crippen molar-refractivity contribution >= 4 is 18.6 Å². The first-order chi connectivity index (χ1) is 6.09. The Labute approximate surface area is 81.8 Å². The zero-order valence-corrected chi connectivity index (χ0v) is 7.99. The van der Waals surface area contributed by atoms with E-state index in [1.807, 2.05) is 0 Å². The third-order valence-corrected chi connectivity index (χ3v) is 1.51. The van der Waals surface area contributed by atoms with E-state index < -0.39 is 5.97 Å². The quantitative estimate of drug-likeness (QED) is 0.577. The molecule has 0 spiro atoms. The average molecular weight is 198 g/mol. The molecule has 0 radical (unpaired) electrons. The van der Waals surface area contributed by atoms with Crippen molar-refractivity contribution in [1.82, 2.24) is 0 Å². The minimum Gasteiger partial charge on any atom is -0.480 e. The van der Waals surface area contributed by atoms with E-state index in [9.17, 15) is 4.79 Å². The highest BCUT2D eigenvalue weighted by Gasteiger charge is 2.02. The minimum absolute atomic E-state index is 0.198. The van der Waals surface area contributed by atoms with Gasteiger partial charge in [0, 0.05) is 0 Å². The zero-order chi connectivity index (χ0) is 9.84. The molecule has 0 saturated carbocycles. The summed E-state index contributed by atoms with van der Waals surface area (Å²) in [6, 6.07) is 6.20. The van der Waals surface area contributed by atoms with Crippen molar-refractivity contribution in [1.29, 1.82) is 0 Å². The van der Waals surface area contributed by atoms with E-state index in [1.54, 1.807) is 19.1 Å². The highest BCUT2D eigenvalue weighted by Crippen LogP contribution is 2.14. The third-order valence-electron chi connectivity index (χ3n) is 1.41. The van der Waals surface area contributed by atoms with Gasteiger partial charge in [-0.15, -0.1) is 12.6 Å². The van der Waals surface area contributed by atoms with E-state index in [0.717, 1.165) is 0 Å². The van der Waals surface area contributed by atoms with Crippen molar-refractivity contribution in [3.05, 3.63) is 29.8 Å². The summed E-state index contributed by atoms with van der Waals surface area (Å²) in [5.41, 5.74) is 0.0508. The van der Waals surface area contributed by atoms with Gasteiger partial charge in [-0.3, -0.25) is 0 Å². The number of carbonyl (C=O) groups is 1. The molecule has 3 nitrogen and oxygen atoms in total. The number of rotatable bonds is 3. The van der Waals surface area contributed by atoms with Gasteiger partial charge >= 0.3 is 5.97 Å². The maximum Gasteiger partial charge on any atom is 0.335 e. The lowest BCUT2D eigenvalue weighted by molar-refractivity contribution is 0.0697. The Kier molecular flexibility index (Phi) is 3.19. The standard InChI is InChI=1S/C9H10O3S/c1-6(13)12-8-4-2-7(3-5-8)9(10)11/h2-6,13H,1H3,(H,10,11). The van der Waals surface area contributed by atoms with Crippen LogP contribution in [0.5, 0.6) is 5.75 Å². The van der Waals surface area contributed by atoms with Crippen LogP contribution in [0.4, 0.5) is 0 Å². The molecule has 0 saturated heterocycles. The van der Waals surface area contributed by atoms with Crippen LogP contribution < -0.4 is 4.74 Å². The SMILES string of the molecule is CC(S)Oc1ccc(C(=O)O)cc1. The molecule has 0 amide bonds. The van der Waals surface area contributed by atoms with E-state index >= 15 is 0 Å². The summed E-state index contributed by atoms with van der Waals surface area (Å²) < 4.78 is 5.22. The maximum absolute atomic E-state index is 10.5. The Hall–Kier alpha value is -1.16. The van der Waals surface area contributed by atoms with Crippen molar-refractivity contribution in [3.63, 3.8) is 0 Å². The molecular weight excluding hydrogens is 188 g/mol. The molecule has 1 aromatic carbocycles. The molecular formula is C9H10O3S. The maximum atomic E-state index is 10.5. The summed E-state index contributed by atoms with van der Waals surface area (Å²) in [5.74, 6) is -0.321. The highest BCUT2D eigenvalue weighted by atomic mass is 32.1. The van der Waals surface area contributed by atoms with Gasteiger partial charge in [-0.25, -0.2) is 4.79 Å². The molecule has 0 aliphatic carbocycles. The zero-order valence-electron chi connectivity index (χ0n) is 7.10. The van der Waals surface area contributed by atoms with Gasteiger partial charge in [0.05, 0.1) is 5.56 Å². The second kappa shape index (κ2) is 4.18. The predicted octanol–water partition coefficient (Wildman–Crippen LogP) is 2.04. The molecule has 70 valence electrons. The van der Waals surface area contributed by atoms with Crippen molar-refractivity contribution in [2.45, 2.75) is 12.4 Å². The van der Waals surface area contributed by atoms with E-state index in [1.165, 1.54) is 12.1 Å². The van der Waals surface area contributed by atoms with E-state index in [4.69, 9.17) is 9.84 Å². The Balaban J connectivity index is 2.75. The number of carboxylic acid groups (broad SMARTS) is 1. The summed E-state index contributed by atoms with van der Waals surface area (Å²) in [4.78, 5) is 10.5. The molecule has 0 heterocycles. The second-order valence-corrected chi connectivity index (χ2v) is 3.27. The van der Waals surface area contributed by atoms with Crippen LogP contribution in [-0.4, -0.2) is 16.5 Å². The minimum atomic E-state index is -0.939. The van der Waals surface area contributed by atoms with Gasteiger partial charge in [-0.2, -0.15) is 0 Å². The van der Waals surface area contributed by atoms with E-state index in [2.05, 4.69) is 12.6 Å². The van der Waals surface area contributed by atoms with E-state index in [0.29, 0.717) is 5.75 Å². The molecule has 4 heteroatoms. The van der Waals surface area contributed by atoms with Crippen LogP contribution in [0.15, 0.2) is 24.3 Å². The summed E-state index contributed by atoms with van der Waals surface area (Å²) in [6.07, 6.45) is 0. The first kappa shape index (κ1) is 9.92. The fourth-order valence-electron chi connectivity index (χ4n) is 0.873. The Morgan fingerprint density at radius 2 is 2.00 bits per heavy atom. The molecule has 0 aromatic heterocycles. The highest BCUT2D eigenvalue weighted by molar-refractivity contribution is 7.80. The number of thiol groups is 1. The van der Waals surface area contributed by atoms with Crippen LogP contribution in [0.2, 0.25) is 0 Å². The van der Waals surface area contributed by atoms with Gasteiger partial charge in [0.25, 0.3) is 0 Å². The van der Waals surface area contributed by atoms with Crippen molar-refractivity contribution in [2.75, 3.05) is 0 Å². The fourth-order valence-corrected chi connectivity index (χ4v) is 0.995. The molecule has 0 fully saturated rings. The second-order valence-electron chi connectivity index (χ2n) is 2.55. The van der Waals surface area contributed by atoms with Gasteiger partial charge in [0.15, 0.2) is 0 Å². The summed E-state index contributed by atoms with van der Waals surface area (Å²) in [6.45, 7) is 1.79. The average Bonchev–Trinajstić information content (AvgIpc) is 2.04. The third kappa shape index (κ3) is 2.99. The molecule has 1 atom stereocenters. The summed E-state index contributed by atoms with van der Waals surface area (Å²) >= 11 is 4.04. The van der Waals surface area contributed by atoms with Crippen LogP contribution in [0.3, 0.4) is 0 Å². The molecule has 1 rings (SSSR count). The Morgan fingerprint density at radius 3 is 2.38 bits per heavy atom. The topological polar surface area (TPSA) is 46.5 Å². The predicted molar refractivity (Wildman–Crippen MR) is 52.5 cm³/mol. The normalized spacial score (nSPS) is 12.2. The largest absolute Gasteiger partial charge is 0.480 e. The number of aromatic carboxylic acids is 1. The number of ether oxygens (including phenoxy) is 1. The van der Waals surface area contributed by atoms with Gasteiger partial charge in [0.1, 0.15) is 11.2 Å². The molecule has 0 aliphatic rings. The number of hydrogen-bond acceptors (Lipinski definition) is 3. The first-order valence-corrected chi connectivity index (χ1v) is 4.29. The van der Waals surface area contributed by atoms with Crippen LogP contribution in [0, 0.1) is 0 Å². The van der Waals surface area contributed by atoms with Gasteiger partial charge in [-0.1, -0.05) is 0 Å². The summed E-state index contributed by atoms with van der Waals surface area (Å²) in [7, 11) is 0. The van der Waals surface area contributed by atoms with Gasteiger partial charge in [-0.05, 0) is 31.2 Å². The molecule has 1 N–H and O–H groups in total. The lowest BCUT2D eigenvalue weighted by atomic mass is 10.2. The Morgan fingerprint density at radius 1 is 1.46 bits per heavy atom. The van der Waals surface area contributed by atoms with Gasteiger partial charge in [0.2, 0.25) is 0 Å². The van der Waals surface area contributed by atoms with Crippen molar-refractivity contribution < 1.29 is 14.6 Å².